The summed E-state index contributed by atoms with van der Waals surface area (Å²) in [6.45, 7) is 0. The van der Waals surface area contributed by atoms with E-state index in [4.69, 9.17) is 0 Å². The summed E-state index contributed by atoms with van der Waals surface area (Å²) in [5.41, 5.74) is 15.8. The van der Waals surface area contributed by atoms with Crippen molar-refractivity contribution in [3.8, 4) is 33.6 Å². The SMILES string of the molecule is c1ccc(-n2c3ccccc3c3cc(-c4ccc5c6cc(-c7cc8c9ccccc9n9c%10ccccc%10c(c7)c89)ccc6n(-c6ccccc6)c5c4)ccc32)cc1. The van der Waals surface area contributed by atoms with Crippen molar-refractivity contribution >= 4 is 81.7 Å². The van der Waals surface area contributed by atoms with Gasteiger partial charge < -0.3 is 13.5 Å². The Labute approximate surface area is 327 Å². The third kappa shape index (κ3) is 4.26. The lowest BCUT2D eigenvalue weighted by atomic mass is 9.97. The van der Waals surface area contributed by atoms with Crippen LogP contribution < -0.4 is 0 Å². The summed E-state index contributed by atoms with van der Waals surface area (Å²) in [5, 5.41) is 10.2. The molecule has 0 saturated heterocycles. The highest BCUT2D eigenvalue weighted by atomic mass is 15.0. The first-order valence-electron chi connectivity index (χ1n) is 19.7. The standard InChI is InChI=1S/C54H33N3/c1-3-13-38(14-4-1)55-48-20-10-7-17-40(48)44-29-34(24-27-51(44)55)36-23-26-43-45-30-35(25-28-52(45)56(53(43)33-36)39-15-5-2-6-16-39)37-31-46-41-18-8-11-21-49(41)57-50-22-12-9-19-42(50)47(32-37)54(46)57/h1-33H. The second-order valence-corrected chi connectivity index (χ2v) is 15.3. The second-order valence-electron chi connectivity index (χ2n) is 15.3. The molecular formula is C54H33N3. The third-order valence-corrected chi connectivity index (χ3v) is 12.3. The Balaban J connectivity index is 1.02. The maximum atomic E-state index is 2.45. The number of nitrogens with zero attached hydrogens (tertiary/aromatic N) is 3. The minimum atomic E-state index is 1.16. The van der Waals surface area contributed by atoms with Crippen LogP contribution in [0.4, 0.5) is 0 Å². The van der Waals surface area contributed by atoms with Gasteiger partial charge in [0.1, 0.15) is 0 Å². The molecule has 0 fully saturated rings. The van der Waals surface area contributed by atoms with Crippen LogP contribution >= 0.6 is 0 Å². The van der Waals surface area contributed by atoms with Crippen molar-refractivity contribution in [2.75, 3.05) is 0 Å². The van der Waals surface area contributed by atoms with E-state index in [9.17, 15) is 0 Å². The molecule has 13 aromatic rings. The molecule has 0 saturated carbocycles. The van der Waals surface area contributed by atoms with Crippen molar-refractivity contribution in [2.45, 2.75) is 0 Å². The molecule has 4 aromatic heterocycles. The van der Waals surface area contributed by atoms with E-state index in [1.54, 1.807) is 0 Å². The van der Waals surface area contributed by atoms with E-state index in [0.717, 1.165) is 5.69 Å². The molecule has 0 bridgehead atoms. The van der Waals surface area contributed by atoms with Crippen molar-refractivity contribution in [2.24, 2.45) is 0 Å². The minimum Gasteiger partial charge on any atom is -0.309 e. The predicted molar refractivity (Wildman–Crippen MR) is 241 cm³/mol. The highest BCUT2D eigenvalue weighted by Gasteiger charge is 2.20. The fourth-order valence-electron chi connectivity index (χ4n) is 9.86. The molecule has 0 aliphatic carbocycles. The maximum Gasteiger partial charge on any atom is 0.0620 e. The summed E-state index contributed by atoms with van der Waals surface area (Å²) in [5.74, 6) is 0. The number of fused-ring (bicyclic) bond motifs is 12. The quantitative estimate of drug-likeness (QED) is 0.172. The topological polar surface area (TPSA) is 14.3 Å². The van der Waals surface area contributed by atoms with Crippen LogP contribution in [0.3, 0.4) is 0 Å². The van der Waals surface area contributed by atoms with Crippen LogP contribution in [0.5, 0.6) is 0 Å². The van der Waals surface area contributed by atoms with Crippen LogP contribution in [0.15, 0.2) is 200 Å². The van der Waals surface area contributed by atoms with Crippen molar-refractivity contribution in [1.29, 1.82) is 0 Å². The van der Waals surface area contributed by atoms with Gasteiger partial charge in [-0.2, -0.15) is 0 Å². The molecule has 0 amide bonds. The van der Waals surface area contributed by atoms with Gasteiger partial charge in [-0.1, -0.05) is 115 Å². The van der Waals surface area contributed by atoms with Gasteiger partial charge in [0.25, 0.3) is 0 Å². The van der Waals surface area contributed by atoms with Crippen LogP contribution in [0.1, 0.15) is 0 Å². The Bertz CT molecular complexity index is 3650. The summed E-state index contributed by atoms with van der Waals surface area (Å²) in [6.07, 6.45) is 0. The van der Waals surface area contributed by atoms with Crippen molar-refractivity contribution < 1.29 is 0 Å². The van der Waals surface area contributed by atoms with E-state index in [0.29, 0.717) is 0 Å². The van der Waals surface area contributed by atoms with Gasteiger partial charge in [0.05, 0.1) is 38.6 Å². The van der Waals surface area contributed by atoms with Gasteiger partial charge in [-0.15, -0.1) is 0 Å². The zero-order valence-corrected chi connectivity index (χ0v) is 30.9. The molecule has 3 nitrogen and oxygen atoms in total. The van der Waals surface area contributed by atoms with Crippen LogP contribution in [0.2, 0.25) is 0 Å². The highest BCUT2D eigenvalue weighted by molar-refractivity contribution is 6.24. The number of hydrogen-bond donors (Lipinski definition) is 0. The fraction of sp³-hybridized carbons (Fsp3) is 0. The lowest BCUT2D eigenvalue weighted by Crippen LogP contribution is -1.94. The minimum absolute atomic E-state index is 1.16. The normalized spacial score (nSPS) is 12.2. The number of benzene rings is 9. The molecule has 0 spiro atoms. The molecule has 9 aromatic carbocycles. The lowest BCUT2D eigenvalue weighted by Gasteiger charge is -2.10. The van der Waals surface area contributed by atoms with Crippen molar-refractivity contribution in [3.63, 3.8) is 0 Å². The smallest absolute Gasteiger partial charge is 0.0620 e. The maximum absolute atomic E-state index is 2.45. The van der Waals surface area contributed by atoms with E-state index < -0.39 is 0 Å². The third-order valence-electron chi connectivity index (χ3n) is 12.3. The molecular weight excluding hydrogens is 691 g/mol. The van der Waals surface area contributed by atoms with E-state index in [-0.39, 0.29) is 0 Å². The Morgan fingerprint density at radius 3 is 1.19 bits per heavy atom. The zero-order chi connectivity index (χ0) is 37.2. The van der Waals surface area contributed by atoms with Gasteiger partial charge in [0, 0.05) is 54.5 Å². The highest BCUT2D eigenvalue weighted by Crippen LogP contribution is 2.43. The molecule has 13 rings (SSSR count). The van der Waals surface area contributed by atoms with E-state index >= 15 is 0 Å². The predicted octanol–water partition coefficient (Wildman–Crippen LogP) is 14.4. The first-order chi connectivity index (χ1) is 28.3. The first-order valence-corrected chi connectivity index (χ1v) is 19.7. The van der Waals surface area contributed by atoms with Gasteiger partial charge >= 0.3 is 0 Å². The van der Waals surface area contributed by atoms with Gasteiger partial charge in [-0.05, 0) is 107 Å². The number of aromatic nitrogens is 3. The molecule has 0 aliphatic rings. The van der Waals surface area contributed by atoms with Crippen LogP contribution in [-0.4, -0.2) is 13.5 Å². The van der Waals surface area contributed by atoms with Crippen molar-refractivity contribution in [3.05, 3.63) is 200 Å². The number of para-hydroxylation sites is 5. The Hall–Kier alpha value is -7.62. The van der Waals surface area contributed by atoms with Crippen LogP contribution in [-0.2, 0) is 0 Å². The molecule has 0 unspecified atom stereocenters. The largest absolute Gasteiger partial charge is 0.309 e. The summed E-state index contributed by atoms with van der Waals surface area (Å²) in [6, 6.07) is 73.7. The average molecular weight is 724 g/mol. The van der Waals surface area contributed by atoms with Crippen LogP contribution in [0, 0.1) is 0 Å². The van der Waals surface area contributed by atoms with Gasteiger partial charge in [0.2, 0.25) is 0 Å². The number of rotatable bonds is 4. The van der Waals surface area contributed by atoms with Gasteiger partial charge in [-0.25, -0.2) is 0 Å². The van der Waals surface area contributed by atoms with Crippen molar-refractivity contribution in [1.82, 2.24) is 13.5 Å². The molecule has 0 aliphatic heterocycles. The zero-order valence-electron chi connectivity index (χ0n) is 30.9. The Morgan fingerprint density at radius 2 is 0.614 bits per heavy atom. The van der Waals surface area contributed by atoms with E-state index in [2.05, 4.69) is 214 Å². The summed E-state index contributed by atoms with van der Waals surface area (Å²) in [7, 11) is 0. The summed E-state index contributed by atoms with van der Waals surface area (Å²) in [4.78, 5) is 0. The Kier molecular flexibility index (Phi) is 6.16. The number of hydrogen-bond acceptors (Lipinski definition) is 0. The summed E-state index contributed by atoms with van der Waals surface area (Å²) < 4.78 is 7.27. The summed E-state index contributed by atoms with van der Waals surface area (Å²) >= 11 is 0. The molecule has 57 heavy (non-hydrogen) atoms. The monoisotopic (exact) mass is 723 g/mol. The lowest BCUT2D eigenvalue weighted by molar-refractivity contribution is 1.18. The molecule has 0 N–H and O–H groups in total. The molecule has 3 heteroatoms. The average Bonchev–Trinajstić information content (AvgIpc) is 4.00. The second kappa shape index (κ2) is 11.5. The molecule has 0 atom stereocenters. The van der Waals surface area contributed by atoms with Gasteiger partial charge in [0.15, 0.2) is 0 Å². The molecule has 4 heterocycles. The first kappa shape index (κ1) is 30.7. The molecule has 0 radical (unpaired) electrons. The van der Waals surface area contributed by atoms with Gasteiger partial charge in [-0.3, -0.25) is 0 Å². The van der Waals surface area contributed by atoms with E-state index in [1.165, 1.54) is 110 Å². The van der Waals surface area contributed by atoms with E-state index in [1.807, 2.05) is 0 Å². The fourth-order valence-corrected chi connectivity index (χ4v) is 9.86. The van der Waals surface area contributed by atoms with Crippen LogP contribution in [0.25, 0.3) is 115 Å². The Morgan fingerprint density at radius 1 is 0.228 bits per heavy atom. The molecule has 264 valence electrons.